The Kier molecular flexibility index (Phi) is 5.15. The molecule has 1 N–H and O–H groups in total. The van der Waals surface area contributed by atoms with Gasteiger partial charge in [0.1, 0.15) is 11.9 Å². The molecule has 1 amide bonds. The van der Waals surface area contributed by atoms with Crippen LogP contribution in [0.15, 0.2) is 30.6 Å². The molecule has 1 aromatic heterocycles. The number of rotatable bonds is 5. The Morgan fingerprint density at radius 1 is 1.55 bits per heavy atom. The van der Waals surface area contributed by atoms with Gasteiger partial charge in [-0.25, -0.2) is 4.39 Å². The molecule has 0 aliphatic rings. The summed E-state index contributed by atoms with van der Waals surface area (Å²) < 4.78 is 15.5. The monoisotopic (exact) mass is 324 g/mol. The molecule has 118 valence electrons. The predicted octanol–water partition coefficient (Wildman–Crippen LogP) is 2.13. The van der Waals surface area contributed by atoms with Gasteiger partial charge in [-0.05, 0) is 19.2 Å². The zero-order valence-corrected chi connectivity index (χ0v) is 13.4. The van der Waals surface area contributed by atoms with Crippen molar-refractivity contribution in [1.29, 1.82) is 0 Å². The number of aryl methyl sites for hydroxylation is 1. The first-order chi connectivity index (χ1) is 10.4. The molecule has 0 aliphatic carbocycles. The van der Waals surface area contributed by atoms with Crippen molar-refractivity contribution < 1.29 is 9.18 Å². The Balaban J connectivity index is 2.17. The van der Waals surface area contributed by atoms with E-state index in [0.717, 1.165) is 5.56 Å². The molecule has 0 fully saturated rings. The molecule has 0 saturated carbocycles. The summed E-state index contributed by atoms with van der Waals surface area (Å²) in [6.07, 6.45) is 3.39. The van der Waals surface area contributed by atoms with Crippen molar-refractivity contribution in [3.05, 3.63) is 52.6 Å². The molecule has 0 saturated heterocycles. The minimum absolute atomic E-state index is 0.1000. The quantitative estimate of drug-likeness (QED) is 0.916. The normalized spacial score (nSPS) is 12.2. The van der Waals surface area contributed by atoms with Crippen molar-refractivity contribution in [2.45, 2.75) is 12.6 Å². The van der Waals surface area contributed by atoms with Crippen LogP contribution < -0.4 is 5.32 Å². The van der Waals surface area contributed by atoms with Gasteiger partial charge in [0.15, 0.2) is 0 Å². The second-order valence-corrected chi connectivity index (χ2v) is 5.47. The highest BCUT2D eigenvalue weighted by molar-refractivity contribution is 6.31. The zero-order valence-electron chi connectivity index (χ0n) is 12.7. The lowest BCUT2D eigenvalue weighted by atomic mass is 10.1. The van der Waals surface area contributed by atoms with Crippen LogP contribution in [-0.2, 0) is 18.4 Å². The topological polar surface area (TPSA) is 50.2 Å². The summed E-state index contributed by atoms with van der Waals surface area (Å²) >= 11 is 6.01. The van der Waals surface area contributed by atoms with Gasteiger partial charge in [-0.3, -0.25) is 9.48 Å². The van der Waals surface area contributed by atoms with Crippen LogP contribution in [0.3, 0.4) is 0 Å². The summed E-state index contributed by atoms with van der Waals surface area (Å²) in [5.41, 5.74) is 1.06. The minimum Gasteiger partial charge on any atom is -0.340 e. The van der Waals surface area contributed by atoms with Gasteiger partial charge in [0, 0.05) is 43.0 Å². The molecule has 5 nitrogen and oxygen atoms in total. The minimum atomic E-state index is -0.538. The lowest BCUT2D eigenvalue weighted by Gasteiger charge is -2.23. The Hall–Kier alpha value is -1.92. The van der Waals surface area contributed by atoms with Gasteiger partial charge < -0.3 is 10.2 Å². The van der Waals surface area contributed by atoms with Crippen LogP contribution in [0.1, 0.15) is 17.2 Å². The van der Waals surface area contributed by atoms with E-state index in [1.54, 1.807) is 44.3 Å². The summed E-state index contributed by atoms with van der Waals surface area (Å²) in [7, 11) is 5.09. The number of carbonyl (C=O) groups is 1. The number of nitrogens with zero attached hydrogens (tertiary/aromatic N) is 3. The Bertz CT molecular complexity index is 653. The fourth-order valence-electron chi connectivity index (χ4n) is 2.24. The third-order valence-corrected chi connectivity index (χ3v) is 3.78. The SMILES string of the molecule is CNC(C(=O)N(C)Cc1c(F)cccc1Cl)c1cnn(C)c1. The maximum atomic E-state index is 13.8. The number of likely N-dealkylation sites (N-methyl/N-ethyl adjacent to an activating group) is 2. The van der Waals surface area contributed by atoms with Gasteiger partial charge in [-0.2, -0.15) is 5.10 Å². The molecule has 1 unspecified atom stereocenters. The molecule has 22 heavy (non-hydrogen) atoms. The van der Waals surface area contributed by atoms with Gasteiger partial charge in [-0.1, -0.05) is 17.7 Å². The molecule has 2 rings (SSSR count). The number of benzene rings is 1. The third-order valence-electron chi connectivity index (χ3n) is 3.43. The maximum Gasteiger partial charge on any atom is 0.244 e. The van der Waals surface area contributed by atoms with Gasteiger partial charge in [0.2, 0.25) is 5.91 Å². The molecule has 0 spiro atoms. The summed E-state index contributed by atoms with van der Waals surface area (Å²) in [6, 6.07) is 3.93. The van der Waals surface area contributed by atoms with Crippen molar-refractivity contribution in [2.24, 2.45) is 7.05 Å². The Morgan fingerprint density at radius 2 is 2.27 bits per heavy atom. The van der Waals surface area contributed by atoms with Crippen molar-refractivity contribution >= 4 is 17.5 Å². The van der Waals surface area contributed by atoms with Crippen LogP contribution in [0.4, 0.5) is 4.39 Å². The molecule has 7 heteroatoms. The van der Waals surface area contributed by atoms with E-state index in [2.05, 4.69) is 10.4 Å². The van der Waals surface area contributed by atoms with Crippen LogP contribution in [0.2, 0.25) is 5.02 Å². The van der Waals surface area contributed by atoms with Gasteiger partial charge in [-0.15, -0.1) is 0 Å². The van der Waals surface area contributed by atoms with E-state index in [9.17, 15) is 9.18 Å². The summed E-state index contributed by atoms with van der Waals surface area (Å²) in [5, 5.41) is 7.33. The molecule has 1 atom stereocenters. The highest BCUT2D eigenvalue weighted by atomic mass is 35.5. The average molecular weight is 325 g/mol. The second-order valence-electron chi connectivity index (χ2n) is 5.06. The van der Waals surface area contributed by atoms with Gasteiger partial charge in [0.05, 0.1) is 6.20 Å². The van der Waals surface area contributed by atoms with E-state index in [0.29, 0.717) is 10.6 Å². The molecule has 0 aliphatic heterocycles. The van der Waals surface area contributed by atoms with Crippen molar-refractivity contribution in [1.82, 2.24) is 20.0 Å². The smallest absolute Gasteiger partial charge is 0.244 e. The Morgan fingerprint density at radius 3 is 2.82 bits per heavy atom. The summed E-state index contributed by atoms with van der Waals surface area (Å²) in [6.45, 7) is 0.1000. The van der Waals surface area contributed by atoms with Crippen molar-refractivity contribution in [2.75, 3.05) is 14.1 Å². The largest absolute Gasteiger partial charge is 0.340 e. The zero-order chi connectivity index (χ0) is 16.3. The number of halogens is 2. The fourth-order valence-corrected chi connectivity index (χ4v) is 2.46. The highest BCUT2D eigenvalue weighted by Crippen LogP contribution is 2.22. The molecule has 2 aromatic rings. The van der Waals surface area contributed by atoms with Crippen LogP contribution in [0, 0.1) is 5.82 Å². The van der Waals surface area contributed by atoms with Crippen molar-refractivity contribution in [3.8, 4) is 0 Å². The number of carbonyl (C=O) groups excluding carboxylic acids is 1. The Labute approximate surface area is 133 Å². The van der Waals surface area contributed by atoms with E-state index in [1.165, 1.54) is 17.0 Å². The molecule has 0 bridgehead atoms. The molecular formula is C15H18ClFN4O. The first-order valence-corrected chi connectivity index (χ1v) is 7.15. The van der Waals surface area contributed by atoms with E-state index in [1.807, 2.05) is 0 Å². The maximum absolute atomic E-state index is 13.8. The predicted molar refractivity (Wildman–Crippen MR) is 82.9 cm³/mol. The van der Waals surface area contributed by atoms with Crippen LogP contribution >= 0.6 is 11.6 Å². The molecular weight excluding hydrogens is 307 g/mol. The number of hydrogen-bond donors (Lipinski definition) is 1. The standard InChI is InChI=1S/C15H18ClFN4O/c1-18-14(10-7-19-21(3)8-10)15(22)20(2)9-11-12(16)5-4-6-13(11)17/h4-8,14,18H,9H2,1-3H3. The number of hydrogen-bond acceptors (Lipinski definition) is 3. The lowest BCUT2D eigenvalue weighted by molar-refractivity contribution is -0.132. The third kappa shape index (κ3) is 3.45. The van der Waals surface area contributed by atoms with Crippen LogP contribution in [0.25, 0.3) is 0 Å². The number of nitrogens with one attached hydrogen (secondary N) is 1. The second kappa shape index (κ2) is 6.89. The molecule has 1 heterocycles. The number of amides is 1. The summed E-state index contributed by atoms with van der Waals surface area (Å²) in [5.74, 6) is -0.607. The van der Waals surface area contributed by atoms with E-state index in [4.69, 9.17) is 11.6 Å². The van der Waals surface area contributed by atoms with Gasteiger partial charge >= 0.3 is 0 Å². The van der Waals surface area contributed by atoms with E-state index >= 15 is 0 Å². The fraction of sp³-hybridized carbons (Fsp3) is 0.333. The van der Waals surface area contributed by atoms with Crippen LogP contribution in [0.5, 0.6) is 0 Å². The first-order valence-electron chi connectivity index (χ1n) is 6.77. The summed E-state index contributed by atoms with van der Waals surface area (Å²) in [4.78, 5) is 14.0. The lowest BCUT2D eigenvalue weighted by Crippen LogP contribution is -2.37. The molecule has 1 aromatic carbocycles. The van der Waals surface area contributed by atoms with E-state index in [-0.39, 0.29) is 12.5 Å². The van der Waals surface area contributed by atoms with Crippen LogP contribution in [-0.4, -0.2) is 34.7 Å². The van der Waals surface area contributed by atoms with E-state index < -0.39 is 11.9 Å². The first kappa shape index (κ1) is 16.5. The average Bonchev–Trinajstić information content (AvgIpc) is 2.90. The number of aromatic nitrogens is 2. The highest BCUT2D eigenvalue weighted by Gasteiger charge is 2.24. The van der Waals surface area contributed by atoms with Crippen molar-refractivity contribution in [3.63, 3.8) is 0 Å². The molecule has 0 radical (unpaired) electrons. The van der Waals surface area contributed by atoms with Gasteiger partial charge in [0.25, 0.3) is 0 Å².